The quantitative estimate of drug-likeness (QED) is 0.718. The van der Waals surface area contributed by atoms with E-state index in [1.807, 2.05) is 17.5 Å². The second-order valence-electron chi connectivity index (χ2n) is 4.47. The van der Waals surface area contributed by atoms with Crippen LogP contribution in [0.3, 0.4) is 0 Å². The predicted octanol–water partition coefficient (Wildman–Crippen LogP) is 3.45. The van der Waals surface area contributed by atoms with Crippen molar-refractivity contribution in [3.05, 3.63) is 52.4 Å². The van der Waals surface area contributed by atoms with Crippen LogP contribution < -0.4 is 5.32 Å². The molecule has 0 aliphatic carbocycles. The van der Waals surface area contributed by atoms with E-state index in [-0.39, 0.29) is 12.5 Å². The van der Waals surface area contributed by atoms with Gasteiger partial charge in [-0.05, 0) is 41.9 Å². The number of benzene rings is 1. The fourth-order valence-corrected chi connectivity index (χ4v) is 2.89. The molecule has 22 heavy (non-hydrogen) atoms. The van der Waals surface area contributed by atoms with E-state index in [1.54, 1.807) is 10.6 Å². The van der Waals surface area contributed by atoms with Crippen molar-refractivity contribution in [2.75, 3.05) is 5.32 Å². The molecule has 0 fully saturated rings. The Morgan fingerprint density at radius 2 is 2.27 bits per heavy atom. The van der Waals surface area contributed by atoms with Crippen molar-refractivity contribution in [1.29, 1.82) is 0 Å². The van der Waals surface area contributed by atoms with E-state index in [2.05, 4.69) is 15.5 Å². The van der Waals surface area contributed by atoms with Gasteiger partial charge in [-0.3, -0.25) is 14.5 Å². The number of aromatic nitrogens is 3. The first-order valence-electron chi connectivity index (χ1n) is 6.38. The van der Waals surface area contributed by atoms with E-state index in [9.17, 15) is 9.18 Å². The summed E-state index contributed by atoms with van der Waals surface area (Å²) >= 11 is 6.67. The molecule has 112 valence electrons. The van der Waals surface area contributed by atoms with Crippen LogP contribution in [0, 0.1) is 10.6 Å². The SMILES string of the molecule is O=C(Cn1c(-c2cccs2)n[nH]c1=S)Nc1cccc(F)c1. The molecule has 2 heterocycles. The molecular formula is C14H11FN4OS2. The van der Waals surface area contributed by atoms with Gasteiger partial charge in [0.05, 0.1) is 4.88 Å². The lowest BCUT2D eigenvalue weighted by molar-refractivity contribution is -0.116. The lowest BCUT2D eigenvalue weighted by Gasteiger charge is -2.07. The summed E-state index contributed by atoms with van der Waals surface area (Å²) in [7, 11) is 0. The van der Waals surface area contributed by atoms with Crippen molar-refractivity contribution in [2.24, 2.45) is 0 Å². The summed E-state index contributed by atoms with van der Waals surface area (Å²) in [6.07, 6.45) is 0. The van der Waals surface area contributed by atoms with Gasteiger partial charge in [0.25, 0.3) is 0 Å². The van der Waals surface area contributed by atoms with Gasteiger partial charge in [-0.25, -0.2) is 4.39 Å². The Kier molecular flexibility index (Phi) is 4.12. The fraction of sp³-hybridized carbons (Fsp3) is 0.0714. The Morgan fingerprint density at radius 3 is 3.00 bits per heavy atom. The third-order valence-electron chi connectivity index (χ3n) is 2.91. The van der Waals surface area contributed by atoms with Crippen LogP contribution in [-0.4, -0.2) is 20.7 Å². The molecule has 0 aliphatic heterocycles. The second kappa shape index (κ2) is 6.20. The van der Waals surface area contributed by atoms with Gasteiger partial charge in [0.1, 0.15) is 12.4 Å². The molecule has 1 amide bonds. The standard InChI is InChI=1S/C14H11FN4OS2/c15-9-3-1-4-10(7-9)16-12(20)8-19-13(17-18-14(19)21)11-5-2-6-22-11/h1-7H,8H2,(H,16,20)(H,18,21). The Labute approximate surface area is 134 Å². The molecule has 0 bridgehead atoms. The van der Waals surface area contributed by atoms with Gasteiger partial charge >= 0.3 is 0 Å². The predicted molar refractivity (Wildman–Crippen MR) is 85.8 cm³/mol. The average molecular weight is 334 g/mol. The van der Waals surface area contributed by atoms with Crippen molar-refractivity contribution in [1.82, 2.24) is 14.8 Å². The third kappa shape index (κ3) is 3.12. The third-order valence-corrected chi connectivity index (χ3v) is 4.09. The molecule has 0 radical (unpaired) electrons. The molecule has 0 saturated heterocycles. The number of aromatic amines is 1. The second-order valence-corrected chi connectivity index (χ2v) is 5.81. The van der Waals surface area contributed by atoms with Gasteiger partial charge < -0.3 is 5.32 Å². The minimum Gasteiger partial charge on any atom is -0.324 e. The number of hydrogen-bond donors (Lipinski definition) is 2. The highest BCUT2D eigenvalue weighted by molar-refractivity contribution is 7.71. The van der Waals surface area contributed by atoms with Crippen LogP contribution in [0.4, 0.5) is 10.1 Å². The van der Waals surface area contributed by atoms with E-state index < -0.39 is 5.82 Å². The van der Waals surface area contributed by atoms with Gasteiger partial charge in [0, 0.05) is 5.69 Å². The number of carbonyl (C=O) groups is 1. The zero-order valence-corrected chi connectivity index (χ0v) is 12.9. The van der Waals surface area contributed by atoms with E-state index in [1.165, 1.54) is 29.5 Å². The molecular weight excluding hydrogens is 323 g/mol. The lowest BCUT2D eigenvalue weighted by Crippen LogP contribution is -2.19. The summed E-state index contributed by atoms with van der Waals surface area (Å²) in [5.41, 5.74) is 0.401. The Bertz CT molecular complexity index is 854. The maximum atomic E-state index is 13.1. The molecule has 1 aromatic carbocycles. The number of H-pyrrole nitrogens is 1. The highest BCUT2D eigenvalue weighted by Crippen LogP contribution is 2.22. The zero-order chi connectivity index (χ0) is 15.5. The van der Waals surface area contributed by atoms with Crippen LogP contribution in [-0.2, 0) is 11.3 Å². The van der Waals surface area contributed by atoms with Crippen molar-refractivity contribution >= 4 is 35.1 Å². The van der Waals surface area contributed by atoms with Crippen LogP contribution in [0.15, 0.2) is 41.8 Å². The van der Waals surface area contributed by atoms with Crippen LogP contribution >= 0.6 is 23.6 Å². The number of thiophene rings is 1. The molecule has 0 spiro atoms. The van der Waals surface area contributed by atoms with E-state index in [0.29, 0.717) is 16.3 Å². The molecule has 0 atom stereocenters. The molecule has 2 aromatic heterocycles. The molecule has 0 saturated carbocycles. The van der Waals surface area contributed by atoms with Gasteiger partial charge in [-0.2, -0.15) is 5.10 Å². The largest absolute Gasteiger partial charge is 0.324 e. The van der Waals surface area contributed by atoms with Crippen LogP contribution in [0.5, 0.6) is 0 Å². The summed E-state index contributed by atoms with van der Waals surface area (Å²) in [4.78, 5) is 13.0. The number of carbonyl (C=O) groups excluding carboxylic acids is 1. The molecule has 3 rings (SSSR count). The van der Waals surface area contributed by atoms with Crippen LogP contribution in [0.2, 0.25) is 0 Å². The van der Waals surface area contributed by atoms with E-state index in [0.717, 1.165) is 4.88 Å². The zero-order valence-electron chi connectivity index (χ0n) is 11.2. The summed E-state index contributed by atoms with van der Waals surface area (Å²) in [6.45, 7) is -0.000913. The summed E-state index contributed by atoms with van der Waals surface area (Å²) in [6, 6.07) is 9.52. The minimum atomic E-state index is -0.406. The Morgan fingerprint density at radius 1 is 1.41 bits per heavy atom. The highest BCUT2D eigenvalue weighted by atomic mass is 32.1. The van der Waals surface area contributed by atoms with Crippen molar-refractivity contribution < 1.29 is 9.18 Å². The van der Waals surface area contributed by atoms with E-state index >= 15 is 0 Å². The molecule has 0 aliphatic rings. The average Bonchev–Trinajstić information content (AvgIpc) is 3.10. The van der Waals surface area contributed by atoms with Crippen LogP contribution in [0.25, 0.3) is 10.7 Å². The van der Waals surface area contributed by atoms with Gasteiger partial charge in [0.2, 0.25) is 5.91 Å². The minimum absolute atomic E-state index is 0.000913. The van der Waals surface area contributed by atoms with E-state index in [4.69, 9.17) is 12.2 Å². The van der Waals surface area contributed by atoms with Gasteiger partial charge in [0.15, 0.2) is 10.6 Å². The Balaban J connectivity index is 1.80. The number of nitrogens with one attached hydrogen (secondary N) is 2. The molecule has 0 unspecified atom stereocenters. The van der Waals surface area contributed by atoms with Crippen molar-refractivity contribution in [2.45, 2.75) is 6.54 Å². The topological polar surface area (TPSA) is 62.7 Å². The number of halogens is 1. The maximum absolute atomic E-state index is 13.1. The monoisotopic (exact) mass is 334 g/mol. The highest BCUT2D eigenvalue weighted by Gasteiger charge is 2.13. The van der Waals surface area contributed by atoms with Crippen LogP contribution in [0.1, 0.15) is 0 Å². The van der Waals surface area contributed by atoms with Crippen molar-refractivity contribution in [3.63, 3.8) is 0 Å². The lowest BCUT2D eigenvalue weighted by atomic mass is 10.3. The maximum Gasteiger partial charge on any atom is 0.244 e. The first-order chi connectivity index (χ1) is 10.6. The number of rotatable bonds is 4. The molecule has 3 aromatic rings. The Hall–Kier alpha value is -2.32. The number of amides is 1. The fourth-order valence-electron chi connectivity index (χ4n) is 1.97. The summed E-state index contributed by atoms with van der Waals surface area (Å²) in [5.74, 6) is -0.104. The van der Waals surface area contributed by atoms with Crippen molar-refractivity contribution in [3.8, 4) is 10.7 Å². The molecule has 2 N–H and O–H groups in total. The first kappa shape index (κ1) is 14.6. The number of anilines is 1. The summed E-state index contributed by atoms with van der Waals surface area (Å²) < 4.78 is 15.1. The normalized spacial score (nSPS) is 10.6. The first-order valence-corrected chi connectivity index (χ1v) is 7.67. The summed E-state index contributed by atoms with van der Waals surface area (Å²) in [5, 5.41) is 11.4. The molecule has 5 nitrogen and oxygen atoms in total. The number of nitrogens with zero attached hydrogens (tertiary/aromatic N) is 2. The van der Waals surface area contributed by atoms with Gasteiger partial charge in [-0.15, -0.1) is 11.3 Å². The molecule has 8 heteroatoms. The number of hydrogen-bond acceptors (Lipinski definition) is 4. The smallest absolute Gasteiger partial charge is 0.244 e. The van der Waals surface area contributed by atoms with Gasteiger partial charge in [-0.1, -0.05) is 12.1 Å².